The Morgan fingerprint density at radius 1 is 1.33 bits per heavy atom. The van der Waals surface area contributed by atoms with Gasteiger partial charge in [0.2, 0.25) is 0 Å². The molecule has 0 saturated carbocycles. The molecule has 1 saturated heterocycles. The van der Waals surface area contributed by atoms with Gasteiger partial charge in [0.1, 0.15) is 5.75 Å². The molecule has 0 unspecified atom stereocenters. The van der Waals surface area contributed by atoms with E-state index in [0.717, 1.165) is 30.8 Å². The third-order valence-electron chi connectivity index (χ3n) is 3.49. The molecule has 4 nitrogen and oxygen atoms in total. The van der Waals surface area contributed by atoms with Crippen LogP contribution in [0.4, 0.5) is 5.69 Å². The van der Waals surface area contributed by atoms with E-state index in [2.05, 4.69) is 11.4 Å². The van der Waals surface area contributed by atoms with Crippen molar-refractivity contribution in [3.63, 3.8) is 0 Å². The fourth-order valence-electron chi connectivity index (χ4n) is 2.57. The summed E-state index contributed by atoms with van der Waals surface area (Å²) < 4.78 is 27.9. The number of aryl methyl sites for hydroxylation is 1. The summed E-state index contributed by atoms with van der Waals surface area (Å²) in [6, 6.07) is 6.06. The van der Waals surface area contributed by atoms with E-state index in [9.17, 15) is 8.42 Å². The second-order valence-corrected chi connectivity index (χ2v) is 7.23. The van der Waals surface area contributed by atoms with Gasteiger partial charge in [0, 0.05) is 12.5 Å². The van der Waals surface area contributed by atoms with Gasteiger partial charge in [-0.2, -0.15) is 0 Å². The van der Waals surface area contributed by atoms with Gasteiger partial charge in [0.25, 0.3) is 0 Å². The maximum absolute atomic E-state index is 11.1. The number of hydrogen-bond acceptors (Lipinski definition) is 4. The van der Waals surface area contributed by atoms with E-state index in [1.54, 1.807) is 0 Å². The number of hydrogen-bond donors (Lipinski definition) is 1. The molecule has 0 radical (unpaired) electrons. The fourth-order valence-corrected chi connectivity index (χ4v) is 4.10. The first-order valence-electron chi connectivity index (χ1n) is 6.33. The molecule has 1 N–H and O–H groups in total. The van der Waals surface area contributed by atoms with Gasteiger partial charge in [0.15, 0.2) is 9.84 Å². The number of para-hydroxylation sites is 1. The van der Waals surface area contributed by atoms with Crippen molar-refractivity contribution in [1.29, 1.82) is 0 Å². The molecule has 18 heavy (non-hydrogen) atoms. The normalized spacial score (nSPS) is 21.6. The molecule has 0 aliphatic carbocycles. The van der Waals surface area contributed by atoms with Gasteiger partial charge >= 0.3 is 0 Å². The zero-order valence-electron chi connectivity index (χ0n) is 10.2. The van der Waals surface area contributed by atoms with Crippen LogP contribution < -0.4 is 10.1 Å². The quantitative estimate of drug-likeness (QED) is 0.901. The molecule has 1 aromatic carbocycles. The Balaban J connectivity index is 1.66. The molecular formula is C13H17NO3S. The van der Waals surface area contributed by atoms with Crippen molar-refractivity contribution in [2.75, 3.05) is 30.0 Å². The summed E-state index contributed by atoms with van der Waals surface area (Å²) in [6.07, 6.45) is 2.23. The van der Waals surface area contributed by atoms with Crippen molar-refractivity contribution in [3.8, 4) is 5.75 Å². The van der Waals surface area contributed by atoms with Crippen LogP contribution in [0.1, 0.15) is 12.0 Å². The summed E-state index contributed by atoms with van der Waals surface area (Å²) in [6.45, 7) is 1.47. The predicted molar refractivity (Wildman–Crippen MR) is 70.9 cm³/mol. The highest BCUT2D eigenvalue weighted by molar-refractivity contribution is 7.92. The van der Waals surface area contributed by atoms with Crippen LogP contribution in [-0.2, 0) is 16.3 Å². The lowest BCUT2D eigenvalue weighted by molar-refractivity contribution is 0.264. The lowest BCUT2D eigenvalue weighted by Crippen LogP contribution is -2.40. The number of sulfone groups is 1. The Labute approximate surface area is 107 Å². The highest BCUT2D eigenvalue weighted by atomic mass is 32.2. The minimum absolute atomic E-state index is 0.162. The molecular weight excluding hydrogens is 250 g/mol. The van der Waals surface area contributed by atoms with Crippen LogP contribution in [0, 0.1) is 5.92 Å². The summed E-state index contributed by atoms with van der Waals surface area (Å²) in [7, 11) is -2.75. The van der Waals surface area contributed by atoms with Crippen LogP contribution >= 0.6 is 0 Å². The Morgan fingerprint density at radius 2 is 2.17 bits per heavy atom. The summed E-state index contributed by atoms with van der Waals surface area (Å²) in [5, 5.41) is 3.36. The summed E-state index contributed by atoms with van der Waals surface area (Å²) in [4.78, 5) is 0. The number of benzene rings is 1. The standard InChI is InChI=1S/C13H17NO3S/c15-18(16)8-10(9-18)7-17-12-5-1-3-11-4-2-6-14-13(11)12/h1,3,5,10,14H,2,4,6-9H2. The van der Waals surface area contributed by atoms with Gasteiger partial charge in [-0.3, -0.25) is 0 Å². The molecule has 1 aromatic rings. The lowest BCUT2D eigenvalue weighted by Gasteiger charge is -2.27. The maximum Gasteiger partial charge on any atom is 0.151 e. The molecule has 2 aliphatic rings. The first kappa shape index (κ1) is 11.8. The van der Waals surface area contributed by atoms with Crippen LogP contribution in [0.25, 0.3) is 0 Å². The Bertz CT molecular complexity index is 541. The molecule has 0 atom stereocenters. The second kappa shape index (κ2) is 4.46. The maximum atomic E-state index is 11.1. The van der Waals surface area contributed by atoms with Crippen LogP contribution in [0.3, 0.4) is 0 Å². The van der Waals surface area contributed by atoms with Crippen molar-refractivity contribution >= 4 is 15.5 Å². The fraction of sp³-hybridized carbons (Fsp3) is 0.538. The largest absolute Gasteiger partial charge is 0.491 e. The molecule has 98 valence electrons. The van der Waals surface area contributed by atoms with Crippen LogP contribution in [0.15, 0.2) is 18.2 Å². The van der Waals surface area contributed by atoms with Crippen LogP contribution in [0.5, 0.6) is 5.75 Å². The topological polar surface area (TPSA) is 55.4 Å². The minimum atomic E-state index is -2.75. The highest BCUT2D eigenvalue weighted by Crippen LogP contribution is 2.32. The first-order chi connectivity index (χ1) is 8.64. The average Bonchev–Trinajstić information content (AvgIpc) is 2.33. The van der Waals surface area contributed by atoms with E-state index in [0.29, 0.717) is 6.61 Å². The zero-order chi connectivity index (χ0) is 12.6. The van der Waals surface area contributed by atoms with Crippen molar-refractivity contribution in [3.05, 3.63) is 23.8 Å². The zero-order valence-corrected chi connectivity index (χ0v) is 11.0. The highest BCUT2D eigenvalue weighted by Gasteiger charge is 2.33. The SMILES string of the molecule is O=S1(=O)CC(COc2cccc3c2NCCC3)C1. The number of nitrogens with one attached hydrogen (secondary N) is 1. The van der Waals surface area contributed by atoms with Crippen molar-refractivity contribution in [2.45, 2.75) is 12.8 Å². The molecule has 1 fully saturated rings. The predicted octanol–water partition coefficient (Wildman–Crippen LogP) is 1.47. The Hall–Kier alpha value is -1.23. The van der Waals surface area contributed by atoms with Gasteiger partial charge in [0.05, 0.1) is 23.8 Å². The van der Waals surface area contributed by atoms with Crippen molar-refractivity contribution < 1.29 is 13.2 Å². The van der Waals surface area contributed by atoms with Crippen molar-refractivity contribution in [1.82, 2.24) is 0 Å². The van der Waals surface area contributed by atoms with E-state index in [4.69, 9.17) is 4.74 Å². The Kier molecular flexibility index (Phi) is 2.93. The van der Waals surface area contributed by atoms with E-state index >= 15 is 0 Å². The number of ether oxygens (including phenoxy) is 1. The van der Waals surface area contributed by atoms with E-state index < -0.39 is 9.84 Å². The summed E-state index contributed by atoms with van der Waals surface area (Å²) in [5.41, 5.74) is 2.38. The average molecular weight is 267 g/mol. The Morgan fingerprint density at radius 3 is 2.94 bits per heavy atom. The molecule has 0 bridgehead atoms. The lowest BCUT2D eigenvalue weighted by atomic mass is 10.0. The van der Waals surface area contributed by atoms with E-state index in [-0.39, 0.29) is 17.4 Å². The first-order valence-corrected chi connectivity index (χ1v) is 8.15. The second-order valence-electron chi connectivity index (χ2n) is 5.07. The van der Waals surface area contributed by atoms with Gasteiger partial charge in [-0.25, -0.2) is 8.42 Å². The number of anilines is 1. The van der Waals surface area contributed by atoms with Crippen LogP contribution in [-0.4, -0.2) is 33.1 Å². The molecule has 0 spiro atoms. The van der Waals surface area contributed by atoms with Gasteiger partial charge < -0.3 is 10.1 Å². The molecule has 0 amide bonds. The van der Waals surface area contributed by atoms with Gasteiger partial charge in [-0.15, -0.1) is 0 Å². The van der Waals surface area contributed by atoms with Gasteiger partial charge in [-0.05, 0) is 24.5 Å². The molecule has 2 heterocycles. The third-order valence-corrected chi connectivity index (χ3v) is 5.45. The summed E-state index contributed by atoms with van der Waals surface area (Å²) >= 11 is 0. The molecule has 0 aromatic heterocycles. The minimum Gasteiger partial charge on any atom is -0.491 e. The van der Waals surface area contributed by atoms with Gasteiger partial charge in [-0.1, -0.05) is 12.1 Å². The molecule has 2 aliphatic heterocycles. The van der Waals surface area contributed by atoms with E-state index in [1.165, 1.54) is 5.56 Å². The number of rotatable bonds is 3. The van der Waals surface area contributed by atoms with E-state index in [1.807, 2.05) is 12.1 Å². The smallest absolute Gasteiger partial charge is 0.151 e. The van der Waals surface area contributed by atoms with Crippen molar-refractivity contribution in [2.24, 2.45) is 5.92 Å². The third kappa shape index (κ3) is 2.32. The number of fused-ring (bicyclic) bond motifs is 1. The summed E-state index contributed by atoms with van der Waals surface area (Å²) in [5.74, 6) is 1.57. The van der Waals surface area contributed by atoms with Crippen LogP contribution in [0.2, 0.25) is 0 Å². The molecule has 3 rings (SSSR count). The monoisotopic (exact) mass is 267 g/mol. The molecule has 5 heteroatoms.